The summed E-state index contributed by atoms with van der Waals surface area (Å²) < 4.78 is 35.6. The first kappa shape index (κ1) is 20.2. The number of carbonyl (C=O) groups excluding carboxylic acids is 2. The molecule has 0 atom stereocenters. The van der Waals surface area contributed by atoms with Crippen molar-refractivity contribution in [3.8, 4) is 17.2 Å². The molecule has 5 rings (SSSR count). The lowest BCUT2D eigenvalue weighted by Crippen LogP contribution is -2.12. The van der Waals surface area contributed by atoms with E-state index in [0.717, 1.165) is 5.56 Å². The van der Waals surface area contributed by atoms with Gasteiger partial charge in [-0.25, -0.2) is 9.18 Å². The number of ether oxygens (including phenoxy) is 4. The van der Waals surface area contributed by atoms with Crippen molar-refractivity contribution >= 4 is 29.4 Å². The van der Waals surface area contributed by atoms with Crippen LogP contribution in [0.25, 0.3) is 6.08 Å². The Bertz CT molecular complexity index is 1300. The van der Waals surface area contributed by atoms with Crippen molar-refractivity contribution in [1.29, 1.82) is 0 Å². The minimum absolute atomic E-state index is 0.0668. The molecule has 0 unspecified atom stereocenters. The monoisotopic (exact) mass is 452 g/mol. The average Bonchev–Trinajstić information content (AvgIpc) is 3.08. The highest BCUT2D eigenvalue weighted by molar-refractivity contribution is 6.31. The number of rotatable bonds is 3. The summed E-state index contributed by atoms with van der Waals surface area (Å²) in [5.74, 6) is -0.905. The number of benzene rings is 3. The summed E-state index contributed by atoms with van der Waals surface area (Å²) in [7, 11) is 0. The van der Waals surface area contributed by atoms with Crippen molar-refractivity contribution in [2.75, 3.05) is 6.79 Å². The number of halogens is 2. The first-order chi connectivity index (χ1) is 15.5. The van der Waals surface area contributed by atoms with Crippen LogP contribution in [-0.4, -0.2) is 18.5 Å². The Labute approximate surface area is 186 Å². The molecule has 0 aromatic heterocycles. The Morgan fingerprint density at radius 2 is 1.97 bits per heavy atom. The lowest BCUT2D eigenvalue weighted by molar-refractivity contribution is -0.0165. The van der Waals surface area contributed by atoms with E-state index < -0.39 is 11.8 Å². The summed E-state index contributed by atoms with van der Waals surface area (Å²) in [5, 5.41) is 0.468. The number of fused-ring (bicyclic) bond motifs is 2. The number of hydrogen-bond donors (Lipinski definition) is 0. The number of allylic oxidation sites excluding steroid dienone is 1. The van der Waals surface area contributed by atoms with Crippen molar-refractivity contribution in [3.63, 3.8) is 0 Å². The van der Waals surface area contributed by atoms with Gasteiger partial charge in [0.25, 0.3) is 0 Å². The van der Waals surface area contributed by atoms with Crippen LogP contribution in [0.2, 0.25) is 5.02 Å². The van der Waals surface area contributed by atoms with Crippen LogP contribution < -0.4 is 14.2 Å². The molecule has 0 radical (unpaired) electrons. The van der Waals surface area contributed by atoms with Gasteiger partial charge in [-0.15, -0.1) is 0 Å². The van der Waals surface area contributed by atoms with Crippen LogP contribution in [0.3, 0.4) is 0 Å². The van der Waals surface area contributed by atoms with Crippen LogP contribution in [0.5, 0.6) is 17.2 Å². The van der Waals surface area contributed by atoms with Gasteiger partial charge >= 0.3 is 5.97 Å². The van der Waals surface area contributed by atoms with E-state index in [1.54, 1.807) is 18.2 Å². The van der Waals surface area contributed by atoms with E-state index in [0.29, 0.717) is 28.5 Å². The molecule has 160 valence electrons. The predicted molar refractivity (Wildman–Crippen MR) is 112 cm³/mol. The van der Waals surface area contributed by atoms with E-state index in [-0.39, 0.29) is 35.4 Å². The Kier molecular flexibility index (Phi) is 5.13. The summed E-state index contributed by atoms with van der Waals surface area (Å²) in [5.41, 5.74) is 1.46. The Balaban J connectivity index is 1.42. The lowest BCUT2D eigenvalue weighted by atomic mass is 10.1. The molecular weight excluding hydrogens is 439 g/mol. The molecule has 0 aliphatic carbocycles. The molecule has 2 heterocycles. The van der Waals surface area contributed by atoms with E-state index in [2.05, 4.69) is 0 Å². The molecule has 0 bridgehead atoms. The zero-order valence-electron chi connectivity index (χ0n) is 16.4. The maximum atomic E-state index is 13.8. The van der Waals surface area contributed by atoms with Crippen LogP contribution >= 0.6 is 11.6 Å². The fourth-order valence-corrected chi connectivity index (χ4v) is 3.73. The van der Waals surface area contributed by atoms with E-state index in [1.807, 2.05) is 0 Å². The highest BCUT2D eigenvalue weighted by Crippen LogP contribution is 2.38. The zero-order chi connectivity index (χ0) is 22.2. The molecule has 0 saturated heterocycles. The normalized spacial score (nSPS) is 15.6. The van der Waals surface area contributed by atoms with Crippen molar-refractivity contribution < 1.29 is 32.9 Å². The molecule has 0 fully saturated rings. The highest BCUT2D eigenvalue weighted by Gasteiger charge is 2.29. The van der Waals surface area contributed by atoms with Gasteiger partial charge < -0.3 is 18.9 Å². The van der Waals surface area contributed by atoms with Crippen LogP contribution in [0.15, 0.2) is 60.4 Å². The summed E-state index contributed by atoms with van der Waals surface area (Å²) in [6, 6.07) is 13.2. The molecule has 0 spiro atoms. The molecule has 32 heavy (non-hydrogen) atoms. The quantitative estimate of drug-likeness (QED) is 0.310. The SMILES string of the molecule is O=C(Oc1ccc2c(c1)O/C(=C\c1cc(Cl)cc3c1OCOC3)C2=O)c1ccccc1F. The first-order valence-electron chi connectivity index (χ1n) is 9.57. The summed E-state index contributed by atoms with van der Waals surface area (Å²) in [6.07, 6.45) is 1.55. The molecule has 0 amide bonds. The van der Waals surface area contributed by atoms with E-state index >= 15 is 0 Å². The number of carbonyl (C=O) groups is 2. The second-order valence-electron chi connectivity index (χ2n) is 7.06. The molecule has 0 N–H and O–H groups in total. The van der Waals surface area contributed by atoms with Crippen molar-refractivity contribution in [1.82, 2.24) is 0 Å². The Hall–Kier alpha value is -3.68. The van der Waals surface area contributed by atoms with Gasteiger partial charge in [0.15, 0.2) is 12.6 Å². The minimum Gasteiger partial charge on any atom is -0.467 e. The Morgan fingerprint density at radius 1 is 1.12 bits per heavy atom. The average molecular weight is 453 g/mol. The van der Waals surface area contributed by atoms with Gasteiger partial charge in [-0.1, -0.05) is 23.7 Å². The molecule has 0 saturated carbocycles. The molecule has 2 aliphatic heterocycles. The first-order valence-corrected chi connectivity index (χ1v) is 9.95. The van der Waals surface area contributed by atoms with Gasteiger partial charge in [0.1, 0.15) is 23.1 Å². The van der Waals surface area contributed by atoms with E-state index in [1.165, 1.54) is 42.5 Å². The van der Waals surface area contributed by atoms with Crippen LogP contribution in [-0.2, 0) is 11.3 Å². The molecular formula is C24H14ClFO6. The lowest BCUT2D eigenvalue weighted by Gasteiger charge is -2.20. The molecule has 3 aromatic carbocycles. The maximum Gasteiger partial charge on any atom is 0.346 e. The van der Waals surface area contributed by atoms with Crippen molar-refractivity contribution in [2.24, 2.45) is 0 Å². The largest absolute Gasteiger partial charge is 0.467 e. The van der Waals surface area contributed by atoms with Gasteiger partial charge in [0.2, 0.25) is 5.78 Å². The fourth-order valence-electron chi connectivity index (χ4n) is 3.48. The number of hydrogen-bond acceptors (Lipinski definition) is 6. The van der Waals surface area contributed by atoms with Gasteiger partial charge in [0.05, 0.1) is 17.7 Å². The fraction of sp³-hybridized carbons (Fsp3) is 0.0833. The third-order valence-electron chi connectivity index (χ3n) is 4.94. The smallest absolute Gasteiger partial charge is 0.346 e. The van der Waals surface area contributed by atoms with E-state index in [9.17, 15) is 14.0 Å². The van der Waals surface area contributed by atoms with Crippen molar-refractivity contribution in [3.05, 3.63) is 93.5 Å². The van der Waals surface area contributed by atoms with Crippen LogP contribution in [0, 0.1) is 5.82 Å². The number of Topliss-reactive ketones (excluding diaryl/α,β-unsaturated/α-hetero) is 1. The third-order valence-corrected chi connectivity index (χ3v) is 5.15. The Morgan fingerprint density at radius 3 is 2.81 bits per heavy atom. The highest BCUT2D eigenvalue weighted by atomic mass is 35.5. The van der Waals surface area contributed by atoms with Crippen LogP contribution in [0.4, 0.5) is 4.39 Å². The number of esters is 1. The molecule has 8 heteroatoms. The molecule has 3 aromatic rings. The van der Waals surface area contributed by atoms with Gasteiger partial charge in [-0.3, -0.25) is 4.79 Å². The van der Waals surface area contributed by atoms with Crippen molar-refractivity contribution in [2.45, 2.75) is 6.61 Å². The third kappa shape index (κ3) is 3.72. The predicted octanol–water partition coefficient (Wildman–Crippen LogP) is 5.18. The summed E-state index contributed by atoms with van der Waals surface area (Å²) in [6.45, 7) is 0.439. The van der Waals surface area contributed by atoms with Gasteiger partial charge in [-0.2, -0.15) is 0 Å². The number of ketones is 1. The van der Waals surface area contributed by atoms with E-state index in [4.69, 9.17) is 30.5 Å². The molecule has 6 nitrogen and oxygen atoms in total. The zero-order valence-corrected chi connectivity index (χ0v) is 17.1. The molecule has 2 aliphatic rings. The topological polar surface area (TPSA) is 71.1 Å². The summed E-state index contributed by atoms with van der Waals surface area (Å²) >= 11 is 6.18. The minimum atomic E-state index is -0.854. The standard InChI is InChI=1S/C24H14ClFO6/c25-15-7-13(23-14(8-15)11-29-12-30-23)9-21-22(27)18-6-5-16(10-20(18)32-21)31-24(28)17-3-1-2-4-19(17)26/h1-10H,11-12H2/b21-9-. The second kappa shape index (κ2) is 8.11. The summed E-state index contributed by atoms with van der Waals surface area (Å²) in [4.78, 5) is 25.1. The van der Waals surface area contributed by atoms with Crippen LogP contribution in [0.1, 0.15) is 31.8 Å². The maximum absolute atomic E-state index is 13.8. The van der Waals surface area contributed by atoms with Gasteiger partial charge in [-0.05, 0) is 42.5 Å². The second-order valence-corrected chi connectivity index (χ2v) is 7.50. The van der Waals surface area contributed by atoms with Gasteiger partial charge in [0, 0.05) is 22.2 Å².